The second-order valence-corrected chi connectivity index (χ2v) is 14.0. The van der Waals surface area contributed by atoms with Crippen molar-refractivity contribution < 1.29 is 24.2 Å². The fraction of sp³-hybridized carbons (Fsp3) is 0.510. The predicted molar refractivity (Wildman–Crippen MR) is 247 cm³/mol. The Morgan fingerprint density at radius 1 is 0.517 bits per heavy atom. The minimum absolute atomic E-state index is 0.200. The topological polar surface area (TPSA) is 119 Å². The van der Waals surface area contributed by atoms with Gasteiger partial charge in [0.25, 0.3) is 0 Å². The highest BCUT2D eigenvalue weighted by molar-refractivity contribution is 5.83. The maximum Gasteiger partial charge on any atom is 0.326 e. The number of unbranched alkanes of at least 4 members (excludes halogenated alkanes) is 3. The molecule has 1 amide bonds. The SMILES string of the molecule is CC/C=C\C/C=C\C/C=C\C/C=C\C/C=C\C/C=C\C/C=C\CCCC(=O)OC(/C=C\C/C=C\C/C=C\C/C=C\CC)CCCCCC(=O)NC(CCCN)C(=O)O. The van der Waals surface area contributed by atoms with Crippen LogP contribution in [0.15, 0.2) is 134 Å². The molecule has 0 saturated heterocycles. The van der Waals surface area contributed by atoms with Crippen LogP contribution in [0, 0.1) is 0 Å². The number of allylic oxidation sites excluding steroid dienone is 21. The van der Waals surface area contributed by atoms with Crippen LogP contribution in [0.3, 0.4) is 0 Å². The Labute approximate surface area is 353 Å². The number of nitrogens with one attached hydrogen (secondary N) is 1. The molecule has 0 aliphatic heterocycles. The van der Waals surface area contributed by atoms with Gasteiger partial charge >= 0.3 is 11.9 Å². The lowest BCUT2D eigenvalue weighted by Crippen LogP contribution is -2.40. The van der Waals surface area contributed by atoms with Crippen LogP contribution in [0.5, 0.6) is 0 Å². The molecule has 7 heteroatoms. The smallest absolute Gasteiger partial charge is 0.326 e. The zero-order chi connectivity index (χ0) is 42.4. The van der Waals surface area contributed by atoms with Gasteiger partial charge in [-0.25, -0.2) is 4.79 Å². The third-order valence-corrected chi connectivity index (χ3v) is 8.70. The first-order chi connectivity index (χ1) is 28.4. The van der Waals surface area contributed by atoms with Crippen LogP contribution in [-0.2, 0) is 19.1 Å². The molecule has 0 aromatic carbocycles. The standard InChI is InChI=1S/C51H78N2O5/c1-3-5-7-9-11-13-15-16-17-18-19-20-21-22-23-24-25-26-28-30-32-34-39-45-50(55)58-47(41-36-33-31-29-27-14-12-10-8-6-4-2)42-37-35-38-44-49(54)53-48(51(56)57)43-40-46-52/h5-8,11-14,16-17,19-20,22-23,25-26,29-32,36,41,47-48H,3-4,9-10,15,18,21,24,27-28,33-35,37-40,42-46,52H2,1-2H3,(H,53,54)(H,56,57)/b7-5-,8-6-,13-11-,14-12-,17-16-,20-19-,23-22-,26-25-,31-29-,32-30-,41-36-. The molecule has 0 spiro atoms. The molecule has 0 aromatic heterocycles. The van der Waals surface area contributed by atoms with Crippen molar-refractivity contribution in [2.75, 3.05) is 6.54 Å². The van der Waals surface area contributed by atoms with Crippen molar-refractivity contribution in [2.45, 2.75) is 161 Å². The van der Waals surface area contributed by atoms with Crippen LogP contribution in [0.4, 0.5) is 0 Å². The van der Waals surface area contributed by atoms with Gasteiger partial charge in [0.1, 0.15) is 12.1 Å². The molecule has 4 N–H and O–H groups in total. The van der Waals surface area contributed by atoms with Gasteiger partial charge in [0.05, 0.1) is 0 Å². The van der Waals surface area contributed by atoms with Crippen LogP contribution in [-0.4, -0.2) is 41.6 Å². The number of aliphatic carboxylic acids is 1. The van der Waals surface area contributed by atoms with E-state index in [0.717, 1.165) is 96.3 Å². The molecule has 0 radical (unpaired) electrons. The van der Waals surface area contributed by atoms with Gasteiger partial charge in [0.15, 0.2) is 0 Å². The van der Waals surface area contributed by atoms with Crippen LogP contribution in [0.1, 0.15) is 149 Å². The molecule has 322 valence electrons. The minimum Gasteiger partial charge on any atom is -0.480 e. The van der Waals surface area contributed by atoms with Gasteiger partial charge in [0, 0.05) is 12.8 Å². The second kappa shape index (κ2) is 43.6. The summed E-state index contributed by atoms with van der Waals surface area (Å²) < 4.78 is 5.86. The number of hydrogen-bond acceptors (Lipinski definition) is 5. The van der Waals surface area contributed by atoms with E-state index in [1.165, 1.54) is 0 Å². The van der Waals surface area contributed by atoms with E-state index < -0.39 is 12.0 Å². The van der Waals surface area contributed by atoms with Gasteiger partial charge in [-0.05, 0) is 128 Å². The Bertz CT molecular complexity index is 1360. The van der Waals surface area contributed by atoms with Crippen molar-refractivity contribution in [3.63, 3.8) is 0 Å². The number of hydrogen-bond donors (Lipinski definition) is 3. The summed E-state index contributed by atoms with van der Waals surface area (Å²) in [7, 11) is 0. The van der Waals surface area contributed by atoms with E-state index >= 15 is 0 Å². The molecule has 58 heavy (non-hydrogen) atoms. The average Bonchev–Trinajstić information content (AvgIpc) is 3.21. The Kier molecular flexibility index (Phi) is 40.3. The van der Waals surface area contributed by atoms with Crippen LogP contribution < -0.4 is 11.1 Å². The molecule has 0 aromatic rings. The quantitative estimate of drug-likeness (QED) is 0.0327. The van der Waals surface area contributed by atoms with Crippen LogP contribution in [0.2, 0.25) is 0 Å². The van der Waals surface area contributed by atoms with Crippen molar-refractivity contribution in [2.24, 2.45) is 5.73 Å². The molecular weight excluding hydrogens is 721 g/mol. The maximum absolute atomic E-state index is 12.7. The third-order valence-electron chi connectivity index (χ3n) is 8.70. The molecule has 0 heterocycles. The predicted octanol–water partition coefficient (Wildman–Crippen LogP) is 12.8. The van der Waals surface area contributed by atoms with E-state index in [1.807, 2.05) is 12.2 Å². The fourth-order valence-corrected chi connectivity index (χ4v) is 5.46. The largest absolute Gasteiger partial charge is 0.480 e. The van der Waals surface area contributed by atoms with E-state index in [4.69, 9.17) is 10.5 Å². The average molecular weight is 799 g/mol. The normalized spacial score (nSPS) is 14.0. The first-order valence-electron chi connectivity index (χ1n) is 22.0. The molecule has 2 atom stereocenters. The van der Waals surface area contributed by atoms with Crippen LogP contribution in [0.25, 0.3) is 0 Å². The number of carboxylic acids is 1. The molecule has 0 fully saturated rings. The zero-order valence-electron chi connectivity index (χ0n) is 36.1. The van der Waals surface area contributed by atoms with Gasteiger partial charge in [-0.3, -0.25) is 9.59 Å². The maximum atomic E-state index is 12.7. The van der Waals surface area contributed by atoms with E-state index in [-0.39, 0.29) is 24.4 Å². The zero-order valence-corrected chi connectivity index (χ0v) is 36.1. The summed E-state index contributed by atoms with van der Waals surface area (Å²) in [5, 5.41) is 11.9. The summed E-state index contributed by atoms with van der Waals surface area (Å²) in [6.45, 7) is 4.66. The Morgan fingerprint density at radius 3 is 1.38 bits per heavy atom. The monoisotopic (exact) mass is 799 g/mol. The summed E-state index contributed by atoms with van der Waals surface area (Å²) in [5.74, 6) is -1.51. The molecule has 7 nitrogen and oxygen atoms in total. The number of nitrogens with two attached hydrogens (primary N) is 1. The number of carbonyl (C=O) groups is 3. The molecule has 0 aliphatic carbocycles. The van der Waals surface area contributed by atoms with Crippen molar-refractivity contribution in [1.29, 1.82) is 0 Å². The van der Waals surface area contributed by atoms with Crippen molar-refractivity contribution in [3.05, 3.63) is 134 Å². The van der Waals surface area contributed by atoms with E-state index in [0.29, 0.717) is 38.6 Å². The molecular formula is C51H78N2O5. The number of carboxylic acid groups (broad SMARTS) is 1. The summed E-state index contributed by atoms with van der Waals surface area (Å²) in [6, 6.07) is -0.906. The lowest BCUT2D eigenvalue weighted by molar-refractivity contribution is -0.147. The van der Waals surface area contributed by atoms with E-state index in [9.17, 15) is 19.5 Å². The molecule has 2 unspecified atom stereocenters. The van der Waals surface area contributed by atoms with Gasteiger partial charge in [-0.2, -0.15) is 0 Å². The van der Waals surface area contributed by atoms with Crippen molar-refractivity contribution in [3.8, 4) is 0 Å². The lowest BCUT2D eigenvalue weighted by atomic mass is 10.1. The van der Waals surface area contributed by atoms with Crippen LogP contribution >= 0.6 is 0 Å². The number of amides is 1. The fourth-order valence-electron chi connectivity index (χ4n) is 5.46. The van der Waals surface area contributed by atoms with Gasteiger partial charge in [-0.15, -0.1) is 0 Å². The Hall–Kier alpha value is -4.49. The number of ether oxygens (including phenoxy) is 1. The van der Waals surface area contributed by atoms with E-state index in [2.05, 4.69) is 141 Å². The Balaban J connectivity index is 4.53. The minimum atomic E-state index is -1.04. The van der Waals surface area contributed by atoms with Gasteiger partial charge in [0.2, 0.25) is 5.91 Å². The van der Waals surface area contributed by atoms with Crippen molar-refractivity contribution >= 4 is 17.8 Å². The van der Waals surface area contributed by atoms with Gasteiger partial charge < -0.3 is 20.9 Å². The molecule has 0 saturated carbocycles. The van der Waals surface area contributed by atoms with Gasteiger partial charge in [-0.1, -0.05) is 148 Å². The highest BCUT2D eigenvalue weighted by atomic mass is 16.5. The lowest BCUT2D eigenvalue weighted by Gasteiger charge is -2.15. The highest BCUT2D eigenvalue weighted by Crippen LogP contribution is 2.13. The first-order valence-corrected chi connectivity index (χ1v) is 22.0. The number of rotatable bonds is 37. The molecule has 0 aliphatic rings. The summed E-state index contributed by atoms with van der Waals surface area (Å²) >= 11 is 0. The summed E-state index contributed by atoms with van der Waals surface area (Å²) in [5.41, 5.74) is 5.49. The summed E-state index contributed by atoms with van der Waals surface area (Å²) in [6.07, 6.45) is 63.7. The number of carbonyl (C=O) groups excluding carboxylic acids is 2. The summed E-state index contributed by atoms with van der Waals surface area (Å²) in [4.78, 5) is 36.5. The Morgan fingerprint density at radius 2 is 0.948 bits per heavy atom. The second-order valence-electron chi connectivity index (χ2n) is 14.0. The van der Waals surface area contributed by atoms with E-state index in [1.54, 1.807) is 0 Å². The number of esters is 1. The molecule has 0 bridgehead atoms. The first kappa shape index (κ1) is 53.5. The highest BCUT2D eigenvalue weighted by Gasteiger charge is 2.19. The third kappa shape index (κ3) is 39.7. The molecule has 0 rings (SSSR count). The van der Waals surface area contributed by atoms with Crippen molar-refractivity contribution in [1.82, 2.24) is 5.32 Å².